The number of thiazole rings is 1. The van der Waals surface area contributed by atoms with Crippen LogP contribution in [0.15, 0.2) is 6.07 Å². The minimum absolute atomic E-state index is 0.240. The number of nitrogens with zero attached hydrogens (tertiary/aromatic N) is 4. The van der Waals surface area contributed by atoms with E-state index in [-0.39, 0.29) is 18.6 Å². The first-order valence-electron chi connectivity index (χ1n) is 10.3. The van der Waals surface area contributed by atoms with Gasteiger partial charge in [-0.1, -0.05) is 0 Å². The van der Waals surface area contributed by atoms with Crippen LogP contribution in [0.5, 0.6) is 0 Å². The largest absolute Gasteiger partial charge is 0.396 e. The molecule has 3 heterocycles. The van der Waals surface area contributed by atoms with Crippen LogP contribution in [0.3, 0.4) is 0 Å². The fourth-order valence-electron chi connectivity index (χ4n) is 4.35. The second kappa shape index (κ2) is 7.18. The molecule has 2 fully saturated rings. The summed E-state index contributed by atoms with van der Waals surface area (Å²) < 4.78 is 1.16. The van der Waals surface area contributed by atoms with Crippen molar-refractivity contribution >= 4 is 33.3 Å². The van der Waals surface area contributed by atoms with Crippen molar-refractivity contribution in [2.45, 2.75) is 57.9 Å². The summed E-state index contributed by atoms with van der Waals surface area (Å²) in [7, 11) is 0. The second-order valence-electron chi connectivity index (χ2n) is 8.38. The van der Waals surface area contributed by atoms with Gasteiger partial charge in [0.2, 0.25) is 5.95 Å². The Bertz CT molecular complexity index is 1080. The van der Waals surface area contributed by atoms with Gasteiger partial charge in [0.1, 0.15) is 16.3 Å². The Morgan fingerprint density at radius 2 is 1.97 bits per heavy atom. The van der Waals surface area contributed by atoms with Gasteiger partial charge in [-0.05, 0) is 57.9 Å². The van der Waals surface area contributed by atoms with Gasteiger partial charge in [0.05, 0.1) is 21.7 Å². The summed E-state index contributed by atoms with van der Waals surface area (Å²) in [5.74, 6) is 1.91. The maximum Gasteiger partial charge on any atom is 0.222 e. The van der Waals surface area contributed by atoms with E-state index in [0.29, 0.717) is 11.8 Å². The van der Waals surface area contributed by atoms with Crippen LogP contribution in [0, 0.1) is 19.8 Å². The van der Waals surface area contributed by atoms with Crippen molar-refractivity contribution in [3.8, 4) is 10.6 Å². The Kier molecular flexibility index (Phi) is 4.63. The molecule has 29 heavy (non-hydrogen) atoms. The average Bonchev–Trinajstić information content (AvgIpc) is 3.28. The lowest BCUT2D eigenvalue weighted by molar-refractivity contribution is 0.229. The summed E-state index contributed by atoms with van der Waals surface area (Å²) in [6, 6.07) is 2.39. The van der Waals surface area contributed by atoms with Crippen molar-refractivity contribution in [3.05, 3.63) is 23.1 Å². The van der Waals surface area contributed by atoms with E-state index in [1.807, 2.05) is 13.8 Å². The highest BCUT2D eigenvalue weighted by Crippen LogP contribution is 2.45. The summed E-state index contributed by atoms with van der Waals surface area (Å²) >= 11 is 1.67. The van der Waals surface area contributed by atoms with Gasteiger partial charge in [0.15, 0.2) is 0 Å². The molecule has 2 unspecified atom stereocenters. The third kappa shape index (κ3) is 3.55. The first-order chi connectivity index (χ1) is 14.0. The molecule has 4 N–H and O–H groups in total. The maximum absolute atomic E-state index is 9.46. The SMILES string of the molecule is Cc1cc2sc(-c3c(C)nc(N)nc3NC3CCC(CO)C3)nc2c(C2CC2)n1. The molecule has 7 nitrogen and oxygen atoms in total. The predicted octanol–water partition coefficient (Wildman–Crippen LogP) is 3.80. The number of nitrogens with two attached hydrogens (primary N) is 1. The Labute approximate surface area is 173 Å². The number of aryl methyl sites for hydroxylation is 2. The zero-order valence-corrected chi connectivity index (χ0v) is 17.6. The lowest BCUT2D eigenvalue weighted by Crippen LogP contribution is -2.19. The van der Waals surface area contributed by atoms with Gasteiger partial charge in [-0.25, -0.2) is 9.97 Å². The summed E-state index contributed by atoms with van der Waals surface area (Å²) in [5.41, 5.74) is 10.9. The normalized spacial score (nSPS) is 21.8. The molecule has 8 heteroatoms. The smallest absolute Gasteiger partial charge is 0.222 e. The number of rotatable bonds is 5. The molecular formula is C21H26N6OS. The Morgan fingerprint density at radius 1 is 1.14 bits per heavy atom. The number of hydrogen-bond donors (Lipinski definition) is 3. The van der Waals surface area contributed by atoms with E-state index in [2.05, 4.69) is 21.4 Å². The lowest BCUT2D eigenvalue weighted by atomic mass is 10.1. The fraction of sp³-hybridized carbons (Fsp3) is 0.524. The van der Waals surface area contributed by atoms with Crippen LogP contribution >= 0.6 is 11.3 Å². The van der Waals surface area contributed by atoms with E-state index in [4.69, 9.17) is 15.7 Å². The van der Waals surface area contributed by atoms with Crippen molar-refractivity contribution in [2.24, 2.45) is 5.92 Å². The standard InChI is InChI=1S/C21H26N6OS/c1-10-7-15-18(17(23-10)13-4-5-13)26-20(29-15)16-11(2)24-21(22)27-19(16)25-14-6-3-12(8-14)9-28/h7,12-14,28H,3-6,8-9H2,1-2H3,(H3,22,24,25,27). The lowest BCUT2D eigenvalue weighted by Gasteiger charge is -2.17. The van der Waals surface area contributed by atoms with E-state index < -0.39 is 0 Å². The van der Waals surface area contributed by atoms with Gasteiger partial charge >= 0.3 is 0 Å². The van der Waals surface area contributed by atoms with Gasteiger partial charge in [-0.15, -0.1) is 11.3 Å². The molecule has 0 saturated heterocycles. The second-order valence-corrected chi connectivity index (χ2v) is 9.41. The molecule has 2 saturated carbocycles. The quantitative estimate of drug-likeness (QED) is 0.587. The van der Waals surface area contributed by atoms with Gasteiger partial charge < -0.3 is 16.2 Å². The van der Waals surface area contributed by atoms with Crippen LogP contribution in [0.2, 0.25) is 0 Å². The van der Waals surface area contributed by atoms with Crippen LogP contribution in [0.1, 0.15) is 55.1 Å². The van der Waals surface area contributed by atoms with Crippen LogP contribution < -0.4 is 11.1 Å². The van der Waals surface area contributed by atoms with Crippen LogP contribution in [-0.2, 0) is 0 Å². The number of aliphatic hydroxyl groups is 1. The van der Waals surface area contributed by atoms with Crippen LogP contribution in [-0.4, -0.2) is 37.7 Å². The maximum atomic E-state index is 9.46. The number of nitrogen functional groups attached to an aromatic ring is 1. The van der Waals surface area contributed by atoms with E-state index in [9.17, 15) is 5.11 Å². The molecular weight excluding hydrogens is 384 g/mol. The van der Waals surface area contributed by atoms with E-state index >= 15 is 0 Å². The molecule has 0 aromatic carbocycles. The third-order valence-corrected chi connectivity index (χ3v) is 6.98. The molecule has 3 aromatic heterocycles. The first kappa shape index (κ1) is 18.7. The monoisotopic (exact) mass is 410 g/mol. The van der Waals surface area contributed by atoms with Gasteiger partial charge in [-0.3, -0.25) is 4.98 Å². The molecule has 152 valence electrons. The van der Waals surface area contributed by atoms with Crippen molar-refractivity contribution in [1.82, 2.24) is 19.9 Å². The minimum atomic E-state index is 0.240. The van der Waals surface area contributed by atoms with Crippen LogP contribution in [0.4, 0.5) is 11.8 Å². The summed E-state index contributed by atoms with van der Waals surface area (Å²) in [6.45, 7) is 4.25. The predicted molar refractivity (Wildman–Crippen MR) is 116 cm³/mol. The van der Waals surface area contributed by atoms with E-state index in [1.54, 1.807) is 11.3 Å². The summed E-state index contributed by atoms with van der Waals surface area (Å²) in [4.78, 5) is 18.7. The number of nitrogens with one attached hydrogen (secondary N) is 1. The van der Waals surface area contributed by atoms with Crippen molar-refractivity contribution in [2.75, 3.05) is 17.7 Å². The zero-order valence-electron chi connectivity index (χ0n) is 16.8. The molecule has 5 rings (SSSR count). The fourth-order valence-corrected chi connectivity index (χ4v) is 5.51. The van der Waals surface area contributed by atoms with Crippen molar-refractivity contribution in [1.29, 1.82) is 0 Å². The molecule has 3 aromatic rings. The number of hydrogen-bond acceptors (Lipinski definition) is 8. The first-order valence-corrected chi connectivity index (χ1v) is 11.1. The highest BCUT2D eigenvalue weighted by Gasteiger charge is 2.30. The van der Waals surface area contributed by atoms with Crippen molar-refractivity contribution < 1.29 is 5.11 Å². The number of aromatic nitrogens is 4. The van der Waals surface area contributed by atoms with Gasteiger partial charge in [0, 0.05) is 24.3 Å². The highest BCUT2D eigenvalue weighted by atomic mass is 32.1. The molecule has 2 atom stereocenters. The third-order valence-electron chi connectivity index (χ3n) is 5.96. The number of anilines is 2. The van der Waals surface area contributed by atoms with Gasteiger partial charge in [-0.2, -0.15) is 4.98 Å². The minimum Gasteiger partial charge on any atom is -0.396 e. The zero-order chi connectivity index (χ0) is 20.1. The van der Waals surface area contributed by atoms with E-state index in [0.717, 1.165) is 62.9 Å². The molecule has 0 spiro atoms. The van der Waals surface area contributed by atoms with Crippen molar-refractivity contribution in [3.63, 3.8) is 0 Å². The molecule has 2 aliphatic rings. The Balaban J connectivity index is 1.58. The number of aliphatic hydroxyl groups excluding tert-OH is 1. The molecule has 0 amide bonds. The average molecular weight is 411 g/mol. The van der Waals surface area contributed by atoms with Gasteiger partial charge in [0.25, 0.3) is 0 Å². The molecule has 0 aliphatic heterocycles. The molecule has 0 bridgehead atoms. The Morgan fingerprint density at radius 3 is 2.69 bits per heavy atom. The highest BCUT2D eigenvalue weighted by molar-refractivity contribution is 7.21. The van der Waals surface area contributed by atoms with E-state index in [1.165, 1.54) is 12.8 Å². The number of pyridine rings is 1. The van der Waals surface area contributed by atoms with Crippen LogP contribution in [0.25, 0.3) is 20.8 Å². The Hall–Kier alpha value is -2.32. The summed E-state index contributed by atoms with van der Waals surface area (Å²) in [5, 5.41) is 13.9. The topological polar surface area (TPSA) is 110 Å². The molecule has 2 aliphatic carbocycles. The molecule has 0 radical (unpaired) electrons. The summed E-state index contributed by atoms with van der Waals surface area (Å²) in [6.07, 6.45) is 5.38. The number of fused-ring (bicyclic) bond motifs is 1.